The van der Waals surface area contributed by atoms with Crippen LogP contribution in [0.1, 0.15) is 37.8 Å². The SMILES string of the molecule is CCCCNC(=O)C(C)N(Cc1ccccc1Cl)C(=O)CN(c1ccc(F)cc1)S(=O)(=O)c1ccc(C)cc1. The van der Waals surface area contributed by atoms with Crippen LogP contribution in [0.2, 0.25) is 5.02 Å². The highest BCUT2D eigenvalue weighted by atomic mass is 35.5. The summed E-state index contributed by atoms with van der Waals surface area (Å²) in [6, 6.07) is 17.1. The molecule has 1 unspecified atom stereocenters. The smallest absolute Gasteiger partial charge is 0.264 e. The fourth-order valence-corrected chi connectivity index (χ4v) is 5.51. The molecule has 3 aromatic carbocycles. The third kappa shape index (κ3) is 7.80. The number of anilines is 1. The van der Waals surface area contributed by atoms with Crippen molar-refractivity contribution in [3.8, 4) is 0 Å². The average molecular weight is 574 g/mol. The Morgan fingerprint density at radius 3 is 2.26 bits per heavy atom. The number of hydrogen-bond acceptors (Lipinski definition) is 4. The molecule has 2 amide bonds. The van der Waals surface area contributed by atoms with Gasteiger partial charge in [-0.3, -0.25) is 13.9 Å². The van der Waals surface area contributed by atoms with Crippen LogP contribution in [0.15, 0.2) is 77.7 Å². The lowest BCUT2D eigenvalue weighted by Crippen LogP contribution is -2.51. The Bertz CT molecular complexity index is 1380. The van der Waals surface area contributed by atoms with Gasteiger partial charge in [0.25, 0.3) is 10.0 Å². The predicted molar refractivity (Wildman–Crippen MR) is 151 cm³/mol. The maximum Gasteiger partial charge on any atom is 0.264 e. The molecule has 39 heavy (non-hydrogen) atoms. The highest BCUT2D eigenvalue weighted by Gasteiger charge is 2.32. The summed E-state index contributed by atoms with van der Waals surface area (Å²) >= 11 is 6.36. The molecule has 0 radical (unpaired) electrons. The zero-order chi connectivity index (χ0) is 28.6. The Morgan fingerprint density at radius 1 is 1.00 bits per heavy atom. The van der Waals surface area contributed by atoms with Crippen LogP contribution in [-0.4, -0.2) is 44.3 Å². The van der Waals surface area contributed by atoms with Crippen LogP contribution in [0.3, 0.4) is 0 Å². The molecule has 0 saturated carbocycles. The van der Waals surface area contributed by atoms with Gasteiger partial charge >= 0.3 is 0 Å². The number of sulfonamides is 1. The minimum Gasteiger partial charge on any atom is -0.354 e. The largest absolute Gasteiger partial charge is 0.354 e. The number of carbonyl (C=O) groups excluding carboxylic acids is 2. The standard InChI is InChI=1S/C29H33ClFN3O4S/c1-4-5-18-32-29(36)22(3)33(19-23-8-6-7-9-27(23)30)28(35)20-34(25-14-12-24(31)13-15-25)39(37,38)26-16-10-21(2)11-17-26/h6-17,22H,4-5,18-20H2,1-3H3,(H,32,36). The van der Waals surface area contributed by atoms with Crippen molar-refractivity contribution in [2.75, 3.05) is 17.4 Å². The number of halogens is 2. The van der Waals surface area contributed by atoms with Crippen molar-refractivity contribution in [1.29, 1.82) is 0 Å². The van der Waals surface area contributed by atoms with Crippen LogP contribution < -0.4 is 9.62 Å². The Kier molecular flexibility index (Phi) is 10.5. The normalized spacial score (nSPS) is 12.0. The summed E-state index contributed by atoms with van der Waals surface area (Å²) in [6.45, 7) is 5.25. The van der Waals surface area contributed by atoms with E-state index in [1.54, 1.807) is 43.3 Å². The van der Waals surface area contributed by atoms with Gasteiger partial charge in [0.15, 0.2) is 0 Å². The summed E-state index contributed by atoms with van der Waals surface area (Å²) in [5.41, 5.74) is 1.59. The highest BCUT2D eigenvalue weighted by Crippen LogP contribution is 2.26. The van der Waals surface area contributed by atoms with Crippen molar-refractivity contribution < 1.29 is 22.4 Å². The van der Waals surface area contributed by atoms with Crippen molar-refractivity contribution in [2.24, 2.45) is 0 Å². The fraction of sp³-hybridized carbons (Fsp3) is 0.310. The highest BCUT2D eigenvalue weighted by molar-refractivity contribution is 7.92. The van der Waals surface area contributed by atoms with E-state index in [9.17, 15) is 22.4 Å². The molecule has 1 atom stereocenters. The first-order valence-electron chi connectivity index (χ1n) is 12.7. The van der Waals surface area contributed by atoms with Gasteiger partial charge in [-0.1, -0.05) is 60.8 Å². The van der Waals surface area contributed by atoms with E-state index in [2.05, 4.69) is 5.32 Å². The Labute approximate surface area is 234 Å². The lowest BCUT2D eigenvalue weighted by Gasteiger charge is -2.32. The van der Waals surface area contributed by atoms with E-state index in [1.165, 1.54) is 29.2 Å². The number of amides is 2. The number of nitrogens with one attached hydrogen (secondary N) is 1. The van der Waals surface area contributed by atoms with Crippen molar-refractivity contribution in [1.82, 2.24) is 10.2 Å². The van der Waals surface area contributed by atoms with Crippen molar-refractivity contribution in [3.05, 3.63) is 94.8 Å². The molecule has 7 nitrogen and oxygen atoms in total. The molecule has 0 aliphatic carbocycles. The lowest BCUT2D eigenvalue weighted by molar-refractivity contribution is -0.139. The van der Waals surface area contributed by atoms with E-state index in [-0.39, 0.29) is 23.0 Å². The van der Waals surface area contributed by atoms with Crippen LogP contribution in [0.4, 0.5) is 10.1 Å². The van der Waals surface area contributed by atoms with Crippen molar-refractivity contribution >= 4 is 39.1 Å². The predicted octanol–water partition coefficient (Wildman–Crippen LogP) is 5.32. The molecule has 208 valence electrons. The molecule has 0 heterocycles. The summed E-state index contributed by atoms with van der Waals surface area (Å²) in [4.78, 5) is 28.1. The molecule has 1 N–H and O–H groups in total. The quantitative estimate of drug-likeness (QED) is 0.297. The number of rotatable bonds is 12. The van der Waals surface area contributed by atoms with Gasteiger partial charge in [-0.25, -0.2) is 12.8 Å². The molecular weight excluding hydrogens is 541 g/mol. The van der Waals surface area contributed by atoms with Gasteiger partial charge in [-0.15, -0.1) is 0 Å². The summed E-state index contributed by atoms with van der Waals surface area (Å²) in [5.74, 6) is -1.53. The zero-order valence-corrected chi connectivity index (χ0v) is 23.8. The fourth-order valence-electron chi connectivity index (χ4n) is 3.90. The average Bonchev–Trinajstić information content (AvgIpc) is 2.91. The van der Waals surface area contributed by atoms with E-state index in [4.69, 9.17) is 11.6 Å². The van der Waals surface area contributed by atoms with Gasteiger partial charge < -0.3 is 10.2 Å². The molecule has 0 saturated heterocycles. The second-order valence-electron chi connectivity index (χ2n) is 9.23. The summed E-state index contributed by atoms with van der Waals surface area (Å²) in [5, 5.41) is 3.25. The van der Waals surface area contributed by atoms with E-state index in [1.807, 2.05) is 13.8 Å². The van der Waals surface area contributed by atoms with Crippen LogP contribution in [0, 0.1) is 12.7 Å². The van der Waals surface area contributed by atoms with Gasteiger partial charge in [0.1, 0.15) is 18.4 Å². The van der Waals surface area contributed by atoms with Crippen molar-refractivity contribution in [3.63, 3.8) is 0 Å². The second kappa shape index (κ2) is 13.6. The van der Waals surface area contributed by atoms with Gasteiger partial charge in [0.2, 0.25) is 11.8 Å². The Balaban J connectivity index is 2.00. The number of nitrogens with zero attached hydrogens (tertiary/aromatic N) is 2. The molecule has 0 fully saturated rings. The van der Waals surface area contributed by atoms with Gasteiger partial charge in [0, 0.05) is 18.1 Å². The maximum atomic E-state index is 13.8. The molecule has 0 aromatic heterocycles. The maximum absolute atomic E-state index is 13.8. The minimum absolute atomic E-state index is 0.0112. The first-order chi connectivity index (χ1) is 18.5. The molecule has 0 bridgehead atoms. The molecule has 3 aromatic rings. The molecule has 0 aliphatic heterocycles. The number of unbranched alkanes of at least 4 members (excludes halogenated alkanes) is 1. The van der Waals surface area contributed by atoms with Crippen LogP contribution in [0.5, 0.6) is 0 Å². The van der Waals surface area contributed by atoms with Crippen LogP contribution in [-0.2, 0) is 26.2 Å². The summed E-state index contributed by atoms with van der Waals surface area (Å²) < 4.78 is 42.1. The van der Waals surface area contributed by atoms with E-state index in [0.29, 0.717) is 17.1 Å². The third-order valence-corrected chi connectivity index (χ3v) is 8.45. The van der Waals surface area contributed by atoms with Crippen molar-refractivity contribution in [2.45, 2.75) is 51.1 Å². The molecule has 3 rings (SSSR count). The first kappa shape index (κ1) is 30.1. The molecule has 10 heteroatoms. The van der Waals surface area contributed by atoms with E-state index < -0.39 is 34.3 Å². The minimum atomic E-state index is -4.22. The van der Waals surface area contributed by atoms with Gasteiger partial charge in [-0.2, -0.15) is 0 Å². The van der Waals surface area contributed by atoms with Gasteiger partial charge in [0.05, 0.1) is 10.6 Å². The Morgan fingerprint density at radius 2 is 1.64 bits per heavy atom. The first-order valence-corrected chi connectivity index (χ1v) is 14.5. The number of benzene rings is 3. The molecular formula is C29H33ClFN3O4S. The zero-order valence-electron chi connectivity index (χ0n) is 22.2. The summed E-state index contributed by atoms with van der Waals surface area (Å²) in [6.07, 6.45) is 1.67. The summed E-state index contributed by atoms with van der Waals surface area (Å²) in [7, 11) is -4.22. The number of aryl methyl sites for hydroxylation is 1. The van der Waals surface area contributed by atoms with E-state index >= 15 is 0 Å². The topological polar surface area (TPSA) is 86.8 Å². The van der Waals surface area contributed by atoms with E-state index in [0.717, 1.165) is 34.8 Å². The van der Waals surface area contributed by atoms with Crippen LogP contribution in [0.25, 0.3) is 0 Å². The number of hydrogen-bond donors (Lipinski definition) is 1. The second-order valence-corrected chi connectivity index (χ2v) is 11.5. The third-order valence-electron chi connectivity index (χ3n) is 6.30. The number of carbonyl (C=O) groups is 2. The van der Waals surface area contributed by atoms with Gasteiger partial charge in [-0.05, 0) is 68.3 Å². The van der Waals surface area contributed by atoms with Crippen LogP contribution >= 0.6 is 11.6 Å². The Hall–Kier alpha value is -3.43. The molecule has 0 aliphatic rings. The molecule has 0 spiro atoms. The monoisotopic (exact) mass is 573 g/mol. The lowest BCUT2D eigenvalue weighted by atomic mass is 10.1.